The third-order valence-electron chi connectivity index (χ3n) is 3.78. The van der Waals surface area contributed by atoms with Crippen molar-refractivity contribution in [3.05, 3.63) is 0 Å². The molecule has 17 heavy (non-hydrogen) atoms. The van der Waals surface area contributed by atoms with Gasteiger partial charge in [0, 0.05) is 39.4 Å². The Bertz CT molecular complexity index is 202. The number of hydrogen-bond acceptors (Lipinski definition) is 4. The van der Waals surface area contributed by atoms with Crippen LogP contribution in [0.1, 0.15) is 20.3 Å². The summed E-state index contributed by atoms with van der Waals surface area (Å²) in [6.07, 6.45) is 1.24. The molecule has 1 heterocycles. The average molecular weight is 244 g/mol. The van der Waals surface area contributed by atoms with E-state index in [1.807, 2.05) is 0 Å². The lowest BCUT2D eigenvalue weighted by molar-refractivity contribution is 0.0393. The zero-order valence-electron chi connectivity index (χ0n) is 11.7. The molecule has 1 N–H and O–H groups in total. The van der Waals surface area contributed by atoms with Crippen molar-refractivity contribution in [2.24, 2.45) is 5.92 Å². The van der Waals surface area contributed by atoms with Crippen LogP contribution < -0.4 is 5.32 Å². The molecule has 0 radical (unpaired) electrons. The first-order valence-electron chi connectivity index (χ1n) is 6.68. The first kappa shape index (κ1) is 14.9. The Morgan fingerprint density at radius 3 is 2.65 bits per heavy atom. The normalized spacial score (nSPS) is 26.6. The zero-order chi connectivity index (χ0) is 12.7. The quantitative estimate of drug-likeness (QED) is 0.690. The minimum absolute atomic E-state index is 0.453. The summed E-state index contributed by atoms with van der Waals surface area (Å²) < 4.78 is 10.5. The highest BCUT2D eigenvalue weighted by atomic mass is 16.5. The number of rotatable bonds is 8. The predicted octanol–water partition coefficient (Wildman–Crippen LogP) is 0.968. The Balaban J connectivity index is 2.60. The largest absolute Gasteiger partial charge is 0.383 e. The van der Waals surface area contributed by atoms with E-state index >= 15 is 0 Å². The van der Waals surface area contributed by atoms with Crippen molar-refractivity contribution in [1.82, 2.24) is 10.2 Å². The molecular formula is C13H28N2O2. The van der Waals surface area contributed by atoms with E-state index in [0.717, 1.165) is 38.8 Å². The number of nitrogens with zero attached hydrogens (tertiary/aromatic N) is 1. The van der Waals surface area contributed by atoms with E-state index in [1.54, 1.807) is 14.2 Å². The van der Waals surface area contributed by atoms with Crippen LogP contribution in [-0.4, -0.2) is 64.1 Å². The van der Waals surface area contributed by atoms with Crippen LogP contribution in [-0.2, 0) is 9.47 Å². The maximum Gasteiger partial charge on any atom is 0.0615 e. The van der Waals surface area contributed by atoms with E-state index in [4.69, 9.17) is 9.47 Å². The van der Waals surface area contributed by atoms with Crippen molar-refractivity contribution < 1.29 is 9.47 Å². The summed E-state index contributed by atoms with van der Waals surface area (Å²) >= 11 is 0. The van der Waals surface area contributed by atoms with E-state index in [9.17, 15) is 0 Å². The summed E-state index contributed by atoms with van der Waals surface area (Å²) in [4.78, 5) is 2.54. The summed E-state index contributed by atoms with van der Waals surface area (Å²) in [5.74, 6) is 0.756. The van der Waals surface area contributed by atoms with Gasteiger partial charge in [-0.1, -0.05) is 13.3 Å². The molecule has 1 aliphatic rings. The maximum absolute atomic E-state index is 5.29. The maximum atomic E-state index is 5.29. The molecule has 0 saturated carbocycles. The Labute approximate surface area is 106 Å². The van der Waals surface area contributed by atoms with Crippen molar-refractivity contribution in [2.45, 2.75) is 32.4 Å². The van der Waals surface area contributed by atoms with Gasteiger partial charge in [-0.25, -0.2) is 0 Å². The topological polar surface area (TPSA) is 33.7 Å². The fourth-order valence-corrected chi connectivity index (χ4v) is 2.77. The number of ether oxygens (including phenoxy) is 2. The van der Waals surface area contributed by atoms with E-state index < -0.39 is 0 Å². The molecule has 1 fully saturated rings. The molecule has 1 aliphatic heterocycles. The average Bonchev–Trinajstić information content (AvgIpc) is 2.78. The molecule has 0 spiro atoms. The molecule has 3 atom stereocenters. The van der Waals surface area contributed by atoms with Crippen molar-refractivity contribution in [3.8, 4) is 0 Å². The van der Waals surface area contributed by atoms with Crippen LogP contribution in [0.15, 0.2) is 0 Å². The fraction of sp³-hybridized carbons (Fsp3) is 1.00. The van der Waals surface area contributed by atoms with E-state index in [2.05, 4.69) is 24.1 Å². The fourth-order valence-electron chi connectivity index (χ4n) is 2.77. The van der Waals surface area contributed by atoms with Gasteiger partial charge in [0.2, 0.25) is 0 Å². The van der Waals surface area contributed by atoms with Crippen LogP contribution in [0.3, 0.4) is 0 Å². The van der Waals surface area contributed by atoms with Gasteiger partial charge in [0.15, 0.2) is 0 Å². The summed E-state index contributed by atoms with van der Waals surface area (Å²) in [6.45, 7) is 9.33. The highest BCUT2D eigenvalue weighted by molar-refractivity contribution is 4.90. The van der Waals surface area contributed by atoms with Crippen LogP contribution in [0, 0.1) is 5.92 Å². The molecule has 3 unspecified atom stereocenters. The smallest absolute Gasteiger partial charge is 0.0615 e. The molecule has 1 rings (SSSR count). The van der Waals surface area contributed by atoms with Crippen molar-refractivity contribution in [1.29, 1.82) is 0 Å². The van der Waals surface area contributed by atoms with Gasteiger partial charge >= 0.3 is 0 Å². The van der Waals surface area contributed by atoms with Gasteiger partial charge in [0.25, 0.3) is 0 Å². The molecule has 1 saturated heterocycles. The highest BCUT2D eigenvalue weighted by Crippen LogP contribution is 2.21. The molecule has 0 aromatic heterocycles. The molecule has 0 aromatic carbocycles. The lowest BCUT2D eigenvalue weighted by Crippen LogP contribution is -2.49. The second-order valence-corrected chi connectivity index (χ2v) is 4.93. The Kier molecular flexibility index (Phi) is 7.04. The van der Waals surface area contributed by atoms with Gasteiger partial charge in [0.05, 0.1) is 13.2 Å². The summed E-state index contributed by atoms with van der Waals surface area (Å²) in [6, 6.07) is 1.08. The molecule has 0 aromatic rings. The Hall–Kier alpha value is -0.160. The second kappa shape index (κ2) is 8.03. The molecule has 4 heteroatoms. The first-order valence-corrected chi connectivity index (χ1v) is 6.68. The Morgan fingerprint density at radius 2 is 2.06 bits per heavy atom. The number of nitrogens with one attached hydrogen (secondary N) is 1. The molecule has 0 amide bonds. The zero-order valence-corrected chi connectivity index (χ0v) is 11.7. The first-order chi connectivity index (χ1) is 8.24. The molecule has 4 nitrogen and oxygen atoms in total. The third-order valence-corrected chi connectivity index (χ3v) is 3.78. The SMILES string of the molecule is CCC1CNCC1N(CCOC)C(C)COC. The molecular weight excluding hydrogens is 216 g/mol. The van der Waals surface area contributed by atoms with Crippen molar-refractivity contribution in [2.75, 3.05) is 47.1 Å². The molecule has 0 aliphatic carbocycles. The van der Waals surface area contributed by atoms with Crippen molar-refractivity contribution in [3.63, 3.8) is 0 Å². The van der Waals surface area contributed by atoms with Crippen LogP contribution in [0.25, 0.3) is 0 Å². The van der Waals surface area contributed by atoms with Crippen LogP contribution in [0.5, 0.6) is 0 Å². The highest BCUT2D eigenvalue weighted by Gasteiger charge is 2.32. The van der Waals surface area contributed by atoms with Crippen LogP contribution >= 0.6 is 0 Å². The minimum Gasteiger partial charge on any atom is -0.383 e. The van der Waals surface area contributed by atoms with Gasteiger partial charge in [0.1, 0.15) is 0 Å². The Morgan fingerprint density at radius 1 is 1.29 bits per heavy atom. The third kappa shape index (κ3) is 4.21. The monoisotopic (exact) mass is 244 g/mol. The second-order valence-electron chi connectivity index (χ2n) is 4.93. The minimum atomic E-state index is 0.453. The van der Waals surface area contributed by atoms with Gasteiger partial charge < -0.3 is 14.8 Å². The summed E-state index contributed by atoms with van der Waals surface area (Å²) in [5, 5.41) is 3.50. The van der Waals surface area contributed by atoms with Crippen molar-refractivity contribution >= 4 is 0 Å². The van der Waals surface area contributed by atoms with E-state index in [0.29, 0.717) is 12.1 Å². The summed E-state index contributed by atoms with van der Waals surface area (Å²) in [5.41, 5.74) is 0. The van der Waals surface area contributed by atoms with Gasteiger partial charge in [-0.15, -0.1) is 0 Å². The molecule has 0 bridgehead atoms. The number of hydrogen-bond donors (Lipinski definition) is 1. The van der Waals surface area contributed by atoms with Crippen LogP contribution in [0.2, 0.25) is 0 Å². The van der Waals surface area contributed by atoms with Crippen LogP contribution in [0.4, 0.5) is 0 Å². The predicted molar refractivity (Wildman–Crippen MR) is 70.4 cm³/mol. The number of methoxy groups -OCH3 is 2. The van der Waals surface area contributed by atoms with E-state index in [-0.39, 0.29) is 0 Å². The van der Waals surface area contributed by atoms with Gasteiger partial charge in [-0.3, -0.25) is 4.90 Å². The molecule has 102 valence electrons. The van der Waals surface area contributed by atoms with E-state index in [1.165, 1.54) is 6.42 Å². The summed E-state index contributed by atoms with van der Waals surface area (Å²) in [7, 11) is 3.54. The van der Waals surface area contributed by atoms with Gasteiger partial charge in [-0.2, -0.15) is 0 Å². The standard InChI is InChI=1S/C13H28N2O2/c1-5-12-8-14-9-13(12)15(6-7-16-3)11(2)10-17-4/h11-14H,5-10H2,1-4H3. The lowest BCUT2D eigenvalue weighted by Gasteiger charge is -2.36. The van der Waals surface area contributed by atoms with Gasteiger partial charge in [-0.05, 0) is 19.4 Å². The lowest BCUT2D eigenvalue weighted by atomic mass is 9.98.